The van der Waals surface area contributed by atoms with E-state index >= 15 is 0 Å². The van der Waals surface area contributed by atoms with E-state index in [0.29, 0.717) is 6.04 Å². The van der Waals surface area contributed by atoms with Gasteiger partial charge >= 0.3 is 0 Å². The van der Waals surface area contributed by atoms with Gasteiger partial charge in [0.2, 0.25) is 0 Å². The van der Waals surface area contributed by atoms with Crippen LogP contribution in [0.5, 0.6) is 0 Å². The third-order valence-corrected chi connectivity index (χ3v) is 6.66. The van der Waals surface area contributed by atoms with Crippen LogP contribution >= 0.6 is 0 Å². The molecule has 1 saturated heterocycles. The van der Waals surface area contributed by atoms with Gasteiger partial charge in [-0.2, -0.15) is 0 Å². The van der Waals surface area contributed by atoms with Crippen molar-refractivity contribution in [3.05, 3.63) is 0 Å². The Hall–Kier alpha value is -0.850. The summed E-state index contributed by atoms with van der Waals surface area (Å²) in [7, 11) is 4.13. The Morgan fingerprint density at radius 2 is 1.88 bits per heavy atom. The monoisotopic (exact) mass is 365 g/mol. The first kappa shape index (κ1) is 19.9. The minimum atomic E-state index is 0.274. The number of hydrogen-bond donors (Lipinski definition) is 2. The molecule has 0 aromatic heterocycles. The van der Waals surface area contributed by atoms with Crippen molar-refractivity contribution in [1.29, 1.82) is 0 Å². The Morgan fingerprint density at radius 3 is 2.50 bits per heavy atom. The van der Waals surface area contributed by atoms with E-state index in [1.54, 1.807) is 0 Å². The van der Waals surface area contributed by atoms with Crippen LogP contribution in [0, 0.1) is 0 Å². The number of aliphatic imine (C=N–C) groups is 1. The van der Waals surface area contributed by atoms with Gasteiger partial charge in [-0.15, -0.1) is 0 Å². The Balaban J connectivity index is 1.51. The van der Waals surface area contributed by atoms with Gasteiger partial charge in [0.05, 0.1) is 13.2 Å². The largest absolute Gasteiger partial charge is 0.379 e. The summed E-state index contributed by atoms with van der Waals surface area (Å²) in [6.45, 7) is 8.11. The molecule has 3 fully saturated rings. The zero-order valence-electron chi connectivity index (χ0n) is 17.1. The molecule has 3 aliphatic rings. The van der Waals surface area contributed by atoms with Crippen LogP contribution in [0.2, 0.25) is 0 Å². The van der Waals surface area contributed by atoms with Crippen molar-refractivity contribution < 1.29 is 4.74 Å². The molecule has 150 valence electrons. The number of guanidine groups is 1. The van der Waals surface area contributed by atoms with Crippen LogP contribution in [0.15, 0.2) is 4.99 Å². The molecular formula is C20H39N5O. The quantitative estimate of drug-likeness (QED) is 0.531. The van der Waals surface area contributed by atoms with E-state index in [2.05, 4.69) is 39.4 Å². The standard InChI is InChI=1S/C20H39N5O/c1-17(24(3)18-7-8-18)15-22-19(21-2)23-16-20(9-5-4-6-10-20)25-11-13-26-14-12-25/h17-18H,4-16H2,1-3H3,(H2,21,22,23). The van der Waals surface area contributed by atoms with Gasteiger partial charge < -0.3 is 15.4 Å². The van der Waals surface area contributed by atoms with Gasteiger partial charge in [0.25, 0.3) is 0 Å². The molecule has 6 heteroatoms. The van der Waals surface area contributed by atoms with Gasteiger partial charge in [0.1, 0.15) is 0 Å². The number of nitrogens with zero attached hydrogens (tertiary/aromatic N) is 3. The fourth-order valence-electron chi connectivity index (χ4n) is 4.55. The van der Waals surface area contributed by atoms with Crippen molar-refractivity contribution in [2.75, 3.05) is 53.5 Å². The summed E-state index contributed by atoms with van der Waals surface area (Å²) in [6.07, 6.45) is 9.36. The number of hydrogen-bond acceptors (Lipinski definition) is 4. The van der Waals surface area contributed by atoms with Crippen molar-refractivity contribution in [1.82, 2.24) is 20.4 Å². The first-order chi connectivity index (χ1) is 12.6. The molecule has 26 heavy (non-hydrogen) atoms. The fourth-order valence-corrected chi connectivity index (χ4v) is 4.55. The molecule has 0 bridgehead atoms. The third kappa shape index (κ3) is 5.11. The van der Waals surface area contributed by atoms with Crippen molar-refractivity contribution in [3.8, 4) is 0 Å². The van der Waals surface area contributed by atoms with Gasteiger partial charge in [-0.25, -0.2) is 0 Å². The molecule has 1 heterocycles. The van der Waals surface area contributed by atoms with E-state index < -0.39 is 0 Å². The molecule has 6 nitrogen and oxygen atoms in total. The number of likely N-dealkylation sites (N-methyl/N-ethyl adjacent to an activating group) is 1. The zero-order valence-corrected chi connectivity index (χ0v) is 17.1. The van der Waals surface area contributed by atoms with E-state index in [1.807, 2.05) is 7.05 Å². The van der Waals surface area contributed by atoms with Crippen LogP contribution < -0.4 is 10.6 Å². The van der Waals surface area contributed by atoms with E-state index in [9.17, 15) is 0 Å². The van der Waals surface area contributed by atoms with Gasteiger partial charge in [0, 0.05) is 50.8 Å². The second-order valence-corrected chi connectivity index (χ2v) is 8.44. The van der Waals surface area contributed by atoms with Crippen LogP contribution in [0.1, 0.15) is 51.9 Å². The van der Waals surface area contributed by atoms with Crippen LogP contribution in [-0.4, -0.2) is 86.9 Å². The average Bonchev–Trinajstić information content (AvgIpc) is 3.54. The maximum absolute atomic E-state index is 5.59. The number of nitrogens with one attached hydrogen (secondary N) is 2. The fraction of sp³-hybridized carbons (Fsp3) is 0.950. The van der Waals surface area contributed by atoms with Gasteiger partial charge in [-0.3, -0.25) is 14.8 Å². The zero-order chi connectivity index (χ0) is 18.4. The molecule has 0 amide bonds. The Labute approximate surface area is 159 Å². The van der Waals surface area contributed by atoms with Crippen LogP contribution in [-0.2, 0) is 4.74 Å². The van der Waals surface area contributed by atoms with Gasteiger partial charge in [-0.05, 0) is 39.7 Å². The van der Waals surface area contributed by atoms with Crippen molar-refractivity contribution in [3.63, 3.8) is 0 Å². The van der Waals surface area contributed by atoms with E-state index in [1.165, 1.54) is 44.9 Å². The minimum absolute atomic E-state index is 0.274. The van der Waals surface area contributed by atoms with Crippen molar-refractivity contribution in [2.24, 2.45) is 4.99 Å². The predicted octanol–water partition coefficient (Wildman–Crippen LogP) is 1.67. The van der Waals surface area contributed by atoms with Crippen molar-refractivity contribution in [2.45, 2.75) is 69.5 Å². The summed E-state index contributed by atoms with van der Waals surface area (Å²) in [5.74, 6) is 0.944. The summed E-state index contributed by atoms with van der Waals surface area (Å²) >= 11 is 0. The molecule has 1 atom stereocenters. The van der Waals surface area contributed by atoms with E-state index in [-0.39, 0.29) is 5.54 Å². The summed E-state index contributed by atoms with van der Waals surface area (Å²) in [5.41, 5.74) is 0.274. The van der Waals surface area contributed by atoms with Crippen LogP contribution in [0.25, 0.3) is 0 Å². The summed E-state index contributed by atoms with van der Waals surface area (Å²) in [6, 6.07) is 1.33. The first-order valence-corrected chi connectivity index (χ1v) is 10.6. The normalized spacial score (nSPS) is 25.9. The summed E-state index contributed by atoms with van der Waals surface area (Å²) in [5, 5.41) is 7.20. The lowest BCUT2D eigenvalue weighted by molar-refractivity contribution is -0.0352. The second kappa shape index (κ2) is 9.38. The van der Waals surface area contributed by atoms with Gasteiger partial charge in [-0.1, -0.05) is 19.3 Å². The lowest BCUT2D eigenvalue weighted by Crippen LogP contribution is -2.60. The lowest BCUT2D eigenvalue weighted by Gasteiger charge is -2.48. The van der Waals surface area contributed by atoms with Crippen molar-refractivity contribution >= 4 is 5.96 Å². The van der Waals surface area contributed by atoms with Gasteiger partial charge in [0.15, 0.2) is 5.96 Å². The highest BCUT2D eigenvalue weighted by molar-refractivity contribution is 5.79. The number of ether oxygens (including phenoxy) is 1. The van der Waals surface area contributed by atoms with E-state index in [0.717, 1.165) is 51.4 Å². The molecule has 1 unspecified atom stereocenters. The Morgan fingerprint density at radius 1 is 1.19 bits per heavy atom. The Kier molecular flexibility index (Phi) is 7.18. The molecule has 2 aliphatic carbocycles. The number of rotatable bonds is 7. The molecule has 0 radical (unpaired) electrons. The molecule has 1 aliphatic heterocycles. The smallest absolute Gasteiger partial charge is 0.191 e. The molecular weight excluding hydrogens is 326 g/mol. The molecule has 0 aromatic rings. The first-order valence-electron chi connectivity index (χ1n) is 10.6. The topological polar surface area (TPSA) is 52.1 Å². The minimum Gasteiger partial charge on any atom is -0.379 e. The predicted molar refractivity (Wildman–Crippen MR) is 108 cm³/mol. The maximum Gasteiger partial charge on any atom is 0.191 e. The van der Waals surface area contributed by atoms with E-state index in [4.69, 9.17) is 4.74 Å². The second-order valence-electron chi connectivity index (χ2n) is 8.44. The molecule has 2 N–H and O–H groups in total. The highest BCUT2D eigenvalue weighted by Crippen LogP contribution is 2.33. The van der Waals surface area contributed by atoms with Crippen LogP contribution in [0.4, 0.5) is 0 Å². The summed E-state index contributed by atoms with van der Waals surface area (Å²) in [4.78, 5) is 9.65. The maximum atomic E-state index is 5.59. The number of morpholine rings is 1. The third-order valence-electron chi connectivity index (χ3n) is 6.66. The molecule has 3 rings (SSSR count). The highest BCUT2D eigenvalue weighted by atomic mass is 16.5. The summed E-state index contributed by atoms with van der Waals surface area (Å²) < 4.78 is 5.59. The highest BCUT2D eigenvalue weighted by Gasteiger charge is 2.38. The molecule has 2 saturated carbocycles. The lowest BCUT2D eigenvalue weighted by atomic mass is 9.80. The molecule has 0 spiro atoms. The van der Waals surface area contributed by atoms with Crippen LogP contribution in [0.3, 0.4) is 0 Å². The average molecular weight is 366 g/mol. The SMILES string of the molecule is CN=C(NCC(C)N(C)C1CC1)NCC1(N2CCOCC2)CCCCC1. The Bertz CT molecular complexity index is 453. The molecule has 0 aromatic carbocycles.